The van der Waals surface area contributed by atoms with Crippen LogP contribution >= 0.6 is 0 Å². The smallest absolute Gasteiger partial charge is 0.244 e. The van der Waals surface area contributed by atoms with Crippen LogP contribution in [0.4, 0.5) is 5.69 Å². The summed E-state index contributed by atoms with van der Waals surface area (Å²) in [6.07, 6.45) is 1.73. The lowest BCUT2D eigenvalue weighted by Gasteiger charge is -2.11. The van der Waals surface area contributed by atoms with Crippen molar-refractivity contribution in [3.8, 4) is 0 Å². The molecule has 2 aromatic rings. The topological polar surface area (TPSA) is 72.9 Å². The molecule has 0 aliphatic rings. The molecule has 5 heteroatoms. The third-order valence-corrected chi connectivity index (χ3v) is 2.62. The van der Waals surface area contributed by atoms with Crippen molar-refractivity contribution in [1.29, 1.82) is 0 Å². The molecule has 16 heavy (non-hydrogen) atoms. The van der Waals surface area contributed by atoms with Gasteiger partial charge >= 0.3 is 0 Å². The summed E-state index contributed by atoms with van der Waals surface area (Å²) in [5.41, 5.74) is 7.26. The number of benzene rings is 1. The average Bonchev–Trinajstić information content (AvgIpc) is 2.69. The second-order valence-corrected chi connectivity index (χ2v) is 3.70. The minimum absolute atomic E-state index is 0.0765. The highest BCUT2D eigenvalue weighted by molar-refractivity contribution is 5.85. The van der Waals surface area contributed by atoms with Crippen LogP contribution in [0.3, 0.4) is 0 Å². The number of nitrogen functional groups attached to an aromatic ring is 1. The summed E-state index contributed by atoms with van der Waals surface area (Å²) < 4.78 is 1.67. The highest BCUT2D eigenvalue weighted by atomic mass is 16.2. The van der Waals surface area contributed by atoms with E-state index in [0.717, 1.165) is 10.9 Å². The van der Waals surface area contributed by atoms with Gasteiger partial charge in [0.15, 0.2) is 0 Å². The van der Waals surface area contributed by atoms with Crippen molar-refractivity contribution in [2.75, 3.05) is 12.8 Å². The number of nitrogens with one attached hydrogen (secondary N) is 1. The van der Waals surface area contributed by atoms with Gasteiger partial charge in [-0.2, -0.15) is 5.10 Å². The number of amides is 1. The van der Waals surface area contributed by atoms with Crippen molar-refractivity contribution in [2.45, 2.75) is 13.0 Å². The lowest BCUT2D eigenvalue weighted by molar-refractivity contribution is -0.123. The van der Waals surface area contributed by atoms with Gasteiger partial charge in [-0.15, -0.1) is 0 Å². The number of anilines is 1. The van der Waals surface area contributed by atoms with Gasteiger partial charge in [-0.3, -0.25) is 9.48 Å². The maximum atomic E-state index is 11.5. The van der Waals surface area contributed by atoms with Gasteiger partial charge in [0.2, 0.25) is 5.91 Å². The van der Waals surface area contributed by atoms with E-state index >= 15 is 0 Å². The largest absolute Gasteiger partial charge is 0.399 e. The van der Waals surface area contributed by atoms with Crippen LogP contribution in [0.1, 0.15) is 13.0 Å². The Morgan fingerprint density at radius 3 is 3.00 bits per heavy atom. The first-order valence-electron chi connectivity index (χ1n) is 5.08. The van der Waals surface area contributed by atoms with Gasteiger partial charge < -0.3 is 11.1 Å². The first-order chi connectivity index (χ1) is 7.63. The van der Waals surface area contributed by atoms with Crippen LogP contribution in [-0.2, 0) is 4.79 Å². The number of nitrogens with two attached hydrogens (primary N) is 1. The van der Waals surface area contributed by atoms with Gasteiger partial charge in [-0.1, -0.05) is 0 Å². The van der Waals surface area contributed by atoms with Crippen molar-refractivity contribution in [3.05, 3.63) is 24.4 Å². The standard InChI is InChI=1S/C11H14N4O/c1-7(11(16)13-2)15-10-5-9(12)4-3-8(10)6-14-15/h3-7H,12H2,1-2H3,(H,13,16). The van der Waals surface area contributed by atoms with Crippen molar-refractivity contribution in [2.24, 2.45) is 0 Å². The predicted octanol–water partition coefficient (Wildman–Crippen LogP) is 0.925. The molecule has 1 atom stereocenters. The number of likely N-dealkylation sites (N-methyl/N-ethyl adjacent to an activating group) is 1. The van der Waals surface area contributed by atoms with Crippen LogP contribution in [0.15, 0.2) is 24.4 Å². The Morgan fingerprint density at radius 2 is 2.31 bits per heavy atom. The van der Waals surface area contributed by atoms with Gasteiger partial charge in [0.25, 0.3) is 0 Å². The van der Waals surface area contributed by atoms with Gasteiger partial charge in [-0.25, -0.2) is 0 Å². The number of carbonyl (C=O) groups is 1. The zero-order valence-corrected chi connectivity index (χ0v) is 9.27. The molecule has 1 heterocycles. The Kier molecular flexibility index (Phi) is 2.52. The van der Waals surface area contributed by atoms with Crippen molar-refractivity contribution in [1.82, 2.24) is 15.1 Å². The molecule has 0 radical (unpaired) electrons. The molecule has 0 fully saturated rings. The van der Waals surface area contributed by atoms with E-state index in [1.165, 1.54) is 0 Å². The normalized spacial score (nSPS) is 12.6. The van der Waals surface area contributed by atoms with Crippen molar-refractivity contribution < 1.29 is 4.79 Å². The lowest BCUT2D eigenvalue weighted by atomic mass is 10.2. The van der Waals surface area contributed by atoms with E-state index in [2.05, 4.69) is 10.4 Å². The predicted molar refractivity (Wildman–Crippen MR) is 62.9 cm³/mol. The number of carbonyl (C=O) groups excluding carboxylic acids is 1. The molecule has 2 rings (SSSR count). The minimum Gasteiger partial charge on any atom is -0.399 e. The quantitative estimate of drug-likeness (QED) is 0.736. The molecular weight excluding hydrogens is 204 g/mol. The molecule has 0 aliphatic heterocycles. The van der Waals surface area contributed by atoms with Gasteiger partial charge in [0, 0.05) is 18.1 Å². The Labute approximate surface area is 93.2 Å². The number of aromatic nitrogens is 2. The van der Waals surface area contributed by atoms with E-state index in [0.29, 0.717) is 5.69 Å². The number of rotatable bonds is 2. The third kappa shape index (κ3) is 1.60. The molecule has 1 aromatic heterocycles. The summed E-state index contributed by atoms with van der Waals surface area (Å²) in [6, 6.07) is 5.19. The molecule has 1 unspecified atom stereocenters. The van der Waals surface area contributed by atoms with E-state index in [1.807, 2.05) is 18.2 Å². The maximum Gasteiger partial charge on any atom is 0.244 e. The monoisotopic (exact) mass is 218 g/mol. The van der Waals surface area contributed by atoms with Crippen LogP contribution in [-0.4, -0.2) is 22.7 Å². The Bertz CT molecular complexity index is 532. The molecule has 5 nitrogen and oxygen atoms in total. The molecule has 0 aliphatic carbocycles. The summed E-state index contributed by atoms with van der Waals surface area (Å²) in [4.78, 5) is 11.5. The maximum absolute atomic E-state index is 11.5. The summed E-state index contributed by atoms with van der Waals surface area (Å²) in [5, 5.41) is 7.78. The summed E-state index contributed by atoms with van der Waals surface area (Å²) in [6.45, 7) is 1.80. The SMILES string of the molecule is CNC(=O)C(C)n1ncc2ccc(N)cc21. The number of nitrogens with zero attached hydrogens (tertiary/aromatic N) is 2. The van der Waals surface area contributed by atoms with E-state index in [1.54, 1.807) is 24.9 Å². The second-order valence-electron chi connectivity index (χ2n) is 3.70. The summed E-state index contributed by atoms with van der Waals surface area (Å²) in [5.74, 6) is -0.0765. The van der Waals surface area contributed by atoms with E-state index in [9.17, 15) is 4.79 Å². The van der Waals surface area contributed by atoms with Gasteiger partial charge in [0.05, 0.1) is 11.7 Å². The number of hydrogen-bond acceptors (Lipinski definition) is 3. The van der Waals surface area contributed by atoms with Crippen molar-refractivity contribution >= 4 is 22.5 Å². The number of fused-ring (bicyclic) bond motifs is 1. The molecule has 84 valence electrons. The third-order valence-electron chi connectivity index (χ3n) is 2.62. The van der Waals surface area contributed by atoms with Crippen molar-refractivity contribution in [3.63, 3.8) is 0 Å². The van der Waals surface area contributed by atoms with Crippen LogP contribution < -0.4 is 11.1 Å². The van der Waals surface area contributed by atoms with E-state index < -0.39 is 0 Å². The molecule has 0 bridgehead atoms. The second kappa shape index (κ2) is 3.84. The number of hydrogen-bond donors (Lipinski definition) is 2. The first kappa shape index (κ1) is 10.5. The molecule has 0 spiro atoms. The van der Waals surface area contributed by atoms with E-state index in [-0.39, 0.29) is 11.9 Å². The van der Waals surface area contributed by atoms with Crippen LogP contribution in [0.5, 0.6) is 0 Å². The summed E-state index contributed by atoms with van der Waals surface area (Å²) >= 11 is 0. The van der Waals surface area contributed by atoms with E-state index in [4.69, 9.17) is 5.73 Å². The highest BCUT2D eigenvalue weighted by Crippen LogP contribution is 2.20. The fourth-order valence-electron chi connectivity index (χ4n) is 1.68. The van der Waals surface area contributed by atoms with Gasteiger partial charge in [-0.05, 0) is 25.1 Å². The molecular formula is C11H14N4O. The Morgan fingerprint density at radius 1 is 1.56 bits per heavy atom. The van der Waals surface area contributed by atoms with Crippen LogP contribution in [0.2, 0.25) is 0 Å². The van der Waals surface area contributed by atoms with Gasteiger partial charge in [0.1, 0.15) is 6.04 Å². The Hall–Kier alpha value is -2.04. The summed E-state index contributed by atoms with van der Waals surface area (Å²) in [7, 11) is 1.61. The molecule has 1 amide bonds. The zero-order chi connectivity index (χ0) is 11.7. The average molecular weight is 218 g/mol. The highest BCUT2D eigenvalue weighted by Gasteiger charge is 2.16. The lowest BCUT2D eigenvalue weighted by Crippen LogP contribution is -2.28. The molecule has 0 saturated carbocycles. The fraction of sp³-hybridized carbons (Fsp3) is 0.273. The van der Waals surface area contributed by atoms with Crippen LogP contribution in [0.25, 0.3) is 10.9 Å². The zero-order valence-electron chi connectivity index (χ0n) is 9.27. The molecule has 1 aromatic carbocycles. The first-order valence-corrected chi connectivity index (χ1v) is 5.08. The van der Waals surface area contributed by atoms with Crippen LogP contribution in [0, 0.1) is 0 Å². The molecule has 3 N–H and O–H groups in total. The molecule has 0 saturated heterocycles. The fourth-order valence-corrected chi connectivity index (χ4v) is 1.68. The Balaban J connectivity index is 2.52. The minimum atomic E-state index is -0.343.